The van der Waals surface area contributed by atoms with Gasteiger partial charge in [-0.05, 0) is 42.3 Å². The Kier molecular flexibility index (Phi) is 4.31. The lowest BCUT2D eigenvalue weighted by Gasteiger charge is -2.08. The zero-order chi connectivity index (χ0) is 18.1. The molecule has 4 aromatic rings. The van der Waals surface area contributed by atoms with E-state index in [2.05, 4.69) is 23.3 Å². The summed E-state index contributed by atoms with van der Waals surface area (Å²) in [5.74, 6) is 0.672. The Balaban J connectivity index is 1.70. The van der Waals surface area contributed by atoms with E-state index in [1.807, 2.05) is 48.5 Å². The summed E-state index contributed by atoms with van der Waals surface area (Å²) in [5, 5.41) is 5.02. The summed E-state index contributed by atoms with van der Waals surface area (Å²) in [6.07, 6.45) is 0.873. The van der Waals surface area contributed by atoms with E-state index in [9.17, 15) is 4.79 Å². The van der Waals surface area contributed by atoms with Crippen LogP contribution in [0.4, 0.5) is 5.69 Å². The fraction of sp³-hybridized carbons (Fsp3) is 0.143. The number of aromatic nitrogens is 1. The summed E-state index contributed by atoms with van der Waals surface area (Å²) in [6, 6.07) is 17.6. The molecule has 0 fully saturated rings. The number of amides is 1. The zero-order valence-corrected chi connectivity index (χ0v) is 15.4. The highest BCUT2D eigenvalue weighted by atomic mass is 32.1. The molecule has 4 nitrogen and oxygen atoms in total. The molecule has 1 N–H and O–H groups in total. The third-order valence-corrected chi connectivity index (χ3v) is 5.42. The van der Waals surface area contributed by atoms with E-state index in [-0.39, 0.29) is 5.91 Å². The van der Waals surface area contributed by atoms with Crippen molar-refractivity contribution in [1.29, 1.82) is 0 Å². The van der Waals surface area contributed by atoms with Crippen LogP contribution in [0.2, 0.25) is 0 Å². The van der Waals surface area contributed by atoms with E-state index < -0.39 is 0 Å². The average molecular weight is 362 g/mol. The van der Waals surface area contributed by atoms with Crippen LogP contribution >= 0.6 is 11.3 Å². The van der Waals surface area contributed by atoms with E-state index >= 15 is 0 Å². The average Bonchev–Trinajstić information content (AvgIpc) is 3.09. The molecule has 130 valence electrons. The number of benzene rings is 2. The predicted octanol–water partition coefficient (Wildman–Crippen LogP) is 5.27. The first-order chi connectivity index (χ1) is 12.7. The monoisotopic (exact) mass is 362 g/mol. The summed E-state index contributed by atoms with van der Waals surface area (Å²) in [7, 11) is 1.64. The Labute approximate surface area is 155 Å². The van der Waals surface area contributed by atoms with Crippen LogP contribution in [0.15, 0.2) is 54.6 Å². The second-order valence-corrected chi connectivity index (χ2v) is 7.05. The molecule has 2 heterocycles. The van der Waals surface area contributed by atoms with Gasteiger partial charge in [0.15, 0.2) is 0 Å². The van der Waals surface area contributed by atoms with Crippen molar-refractivity contribution >= 4 is 44.1 Å². The summed E-state index contributed by atoms with van der Waals surface area (Å²) in [6.45, 7) is 2.08. The quantitative estimate of drug-likeness (QED) is 0.538. The number of para-hydroxylation sites is 1. The van der Waals surface area contributed by atoms with Crippen LogP contribution in [0.3, 0.4) is 0 Å². The molecule has 1 amide bonds. The largest absolute Gasteiger partial charge is 0.497 e. The van der Waals surface area contributed by atoms with Crippen molar-refractivity contribution in [3.05, 3.63) is 65.0 Å². The third kappa shape index (κ3) is 3.02. The fourth-order valence-electron chi connectivity index (χ4n) is 2.98. The molecule has 0 atom stereocenters. The van der Waals surface area contributed by atoms with Gasteiger partial charge in [-0.25, -0.2) is 4.98 Å². The molecule has 0 aliphatic heterocycles. The standard InChI is InChI=1S/C21H18N2O2S/c1-3-13-6-4-5-7-17(13)22-20(24)19-11-15-10-14-8-9-16(25-2)12-18(14)23-21(15)26-19/h4-12H,3H2,1-2H3,(H,22,24). The number of hydrogen-bond donors (Lipinski definition) is 1. The second kappa shape index (κ2) is 6.77. The number of nitrogens with zero attached hydrogens (tertiary/aromatic N) is 1. The van der Waals surface area contributed by atoms with Crippen molar-refractivity contribution in [2.24, 2.45) is 0 Å². The maximum atomic E-state index is 12.7. The molecule has 0 saturated heterocycles. The molecule has 26 heavy (non-hydrogen) atoms. The molecular formula is C21H18N2O2S. The number of carbonyl (C=O) groups is 1. The molecule has 0 bridgehead atoms. The van der Waals surface area contributed by atoms with Gasteiger partial charge in [-0.2, -0.15) is 0 Å². The van der Waals surface area contributed by atoms with E-state index in [0.717, 1.165) is 44.5 Å². The highest BCUT2D eigenvalue weighted by Gasteiger charge is 2.13. The predicted molar refractivity (Wildman–Crippen MR) is 107 cm³/mol. The normalized spacial score (nSPS) is 11.0. The van der Waals surface area contributed by atoms with Gasteiger partial charge in [0.2, 0.25) is 0 Å². The van der Waals surface area contributed by atoms with Crippen molar-refractivity contribution in [1.82, 2.24) is 4.98 Å². The zero-order valence-electron chi connectivity index (χ0n) is 14.6. The van der Waals surface area contributed by atoms with Crippen LogP contribution in [0.1, 0.15) is 22.2 Å². The number of aryl methyl sites for hydroxylation is 1. The molecule has 2 aromatic carbocycles. The minimum absolute atomic E-state index is 0.101. The lowest BCUT2D eigenvalue weighted by molar-refractivity contribution is 0.103. The first-order valence-corrected chi connectivity index (χ1v) is 9.27. The molecule has 2 aromatic heterocycles. The van der Waals surface area contributed by atoms with E-state index in [0.29, 0.717) is 4.88 Å². The number of hydrogen-bond acceptors (Lipinski definition) is 4. The van der Waals surface area contributed by atoms with Crippen LogP contribution in [-0.2, 0) is 6.42 Å². The van der Waals surface area contributed by atoms with E-state index in [4.69, 9.17) is 4.74 Å². The van der Waals surface area contributed by atoms with Gasteiger partial charge in [-0.1, -0.05) is 25.1 Å². The summed E-state index contributed by atoms with van der Waals surface area (Å²) in [5.41, 5.74) is 2.85. The number of anilines is 1. The Morgan fingerprint density at radius 2 is 1.96 bits per heavy atom. The van der Waals surface area contributed by atoms with Crippen LogP contribution in [0, 0.1) is 0 Å². The topological polar surface area (TPSA) is 51.2 Å². The highest BCUT2D eigenvalue weighted by molar-refractivity contribution is 7.20. The molecule has 0 unspecified atom stereocenters. The van der Waals surface area contributed by atoms with Gasteiger partial charge in [-0.3, -0.25) is 4.79 Å². The van der Waals surface area contributed by atoms with Crippen LogP contribution in [-0.4, -0.2) is 18.0 Å². The number of thiophene rings is 1. The molecule has 4 rings (SSSR count). The number of fused-ring (bicyclic) bond motifs is 2. The maximum absolute atomic E-state index is 12.7. The lowest BCUT2D eigenvalue weighted by atomic mass is 10.1. The minimum atomic E-state index is -0.101. The van der Waals surface area contributed by atoms with Gasteiger partial charge >= 0.3 is 0 Å². The Morgan fingerprint density at radius 1 is 1.12 bits per heavy atom. The number of carbonyl (C=O) groups excluding carboxylic acids is 1. The fourth-order valence-corrected chi connectivity index (χ4v) is 3.90. The van der Waals surface area contributed by atoms with Gasteiger partial charge in [0, 0.05) is 22.5 Å². The summed E-state index contributed by atoms with van der Waals surface area (Å²) < 4.78 is 5.27. The van der Waals surface area contributed by atoms with Crippen molar-refractivity contribution in [3.8, 4) is 5.75 Å². The maximum Gasteiger partial charge on any atom is 0.265 e. The number of nitrogens with one attached hydrogen (secondary N) is 1. The SMILES string of the molecule is CCc1ccccc1NC(=O)c1cc2cc3ccc(OC)cc3nc2s1. The molecule has 0 aliphatic carbocycles. The van der Waals surface area contributed by atoms with E-state index in [1.54, 1.807) is 7.11 Å². The van der Waals surface area contributed by atoms with Crippen molar-refractivity contribution in [2.45, 2.75) is 13.3 Å². The molecule has 0 radical (unpaired) electrons. The molecular weight excluding hydrogens is 344 g/mol. The Bertz CT molecular complexity index is 1120. The van der Waals surface area contributed by atoms with Gasteiger partial charge in [0.25, 0.3) is 5.91 Å². The first-order valence-electron chi connectivity index (χ1n) is 8.45. The van der Waals surface area contributed by atoms with Crippen LogP contribution in [0.5, 0.6) is 5.75 Å². The first kappa shape index (κ1) is 16.5. The van der Waals surface area contributed by atoms with E-state index in [1.165, 1.54) is 11.3 Å². The molecule has 0 spiro atoms. The molecule has 0 saturated carbocycles. The number of pyridine rings is 1. The van der Waals surface area contributed by atoms with Crippen molar-refractivity contribution in [2.75, 3.05) is 12.4 Å². The van der Waals surface area contributed by atoms with Gasteiger partial charge in [0.05, 0.1) is 17.5 Å². The van der Waals surface area contributed by atoms with Crippen molar-refractivity contribution < 1.29 is 9.53 Å². The molecule has 0 aliphatic rings. The number of rotatable bonds is 4. The van der Waals surface area contributed by atoms with Crippen LogP contribution in [0.25, 0.3) is 21.1 Å². The van der Waals surface area contributed by atoms with Crippen molar-refractivity contribution in [3.63, 3.8) is 0 Å². The Hall–Kier alpha value is -2.92. The third-order valence-electron chi connectivity index (χ3n) is 4.38. The number of methoxy groups -OCH3 is 1. The highest BCUT2D eigenvalue weighted by Crippen LogP contribution is 2.29. The second-order valence-electron chi connectivity index (χ2n) is 6.02. The lowest BCUT2D eigenvalue weighted by Crippen LogP contribution is -2.11. The van der Waals surface area contributed by atoms with Gasteiger partial charge in [-0.15, -0.1) is 11.3 Å². The van der Waals surface area contributed by atoms with Gasteiger partial charge < -0.3 is 10.1 Å². The number of ether oxygens (including phenoxy) is 1. The smallest absolute Gasteiger partial charge is 0.265 e. The molecule has 5 heteroatoms. The summed E-state index contributed by atoms with van der Waals surface area (Å²) >= 11 is 1.40. The van der Waals surface area contributed by atoms with Crippen LogP contribution < -0.4 is 10.1 Å². The Morgan fingerprint density at radius 3 is 2.77 bits per heavy atom. The van der Waals surface area contributed by atoms with Gasteiger partial charge in [0.1, 0.15) is 10.6 Å². The minimum Gasteiger partial charge on any atom is -0.497 e. The summed E-state index contributed by atoms with van der Waals surface area (Å²) in [4.78, 5) is 18.9.